The van der Waals surface area contributed by atoms with Crippen LogP contribution in [0.5, 0.6) is 0 Å². The third-order valence-electron chi connectivity index (χ3n) is 3.62. The summed E-state index contributed by atoms with van der Waals surface area (Å²) in [4.78, 5) is 11.8. The van der Waals surface area contributed by atoms with Crippen LogP contribution in [-0.4, -0.2) is 34.2 Å². The van der Waals surface area contributed by atoms with Crippen molar-refractivity contribution in [2.75, 3.05) is 11.9 Å². The van der Waals surface area contributed by atoms with E-state index in [2.05, 4.69) is 10.4 Å². The minimum Gasteiger partial charge on any atom is -0.376 e. The Kier molecular flexibility index (Phi) is 4.21. The lowest BCUT2D eigenvalue weighted by molar-refractivity contribution is -0.143. The van der Waals surface area contributed by atoms with E-state index in [0.717, 1.165) is 6.20 Å². The van der Waals surface area contributed by atoms with E-state index in [1.54, 1.807) is 0 Å². The molecule has 1 aliphatic rings. The molecule has 0 aliphatic carbocycles. The highest BCUT2D eigenvalue weighted by molar-refractivity contribution is 6.32. The van der Waals surface area contributed by atoms with Crippen molar-refractivity contribution in [3.05, 3.63) is 21.6 Å². The van der Waals surface area contributed by atoms with Gasteiger partial charge < -0.3 is 10.1 Å². The Morgan fingerprint density at radius 2 is 2.29 bits per heavy atom. The first kappa shape index (κ1) is 16.1. The van der Waals surface area contributed by atoms with Gasteiger partial charge in [0.1, 0.15) is 11.6 Å². The van der Waals surface area contributed by atoms with Gasteiger partial charge in [0.05, 0.1) is 23.5 Å². The SMILES string of the molecule is CC1OCCC1(C)Nc1cnn(CC(F)(F)F)c(=O)c1Cl. The van der Waals surface area contributed by atoms with Gasteiger partial charge in [-0.3, -0.25) is 4.79 Å². The Morgan fingerprint density at radius 1 is 1.62 bits per heavy atom. The summed E-state index contributed by atoms with van der Waals surface area (Å²) >= 11 is 5.87. The predicted molar refractivity (Wildman–Crippen MR) is 71.6 cm³/mol. The molecule has 2 unspecified atom stereocenters. The summed E-state index contributed by atoms with van der Waals surface area (Å²) in [5.41, 5.74) is -1.22. The lowest BCUT2D eigenvalue weighted by Crippen LogP contribution is -2.42. The summed E-state index contributed by atoms with van der Waals surface area (Å²) in [5, 5.41) is 6.26. The van der Waals surface area contributed by atoms with Crippen LogP contribution in [0.4, 0.5) is 18.9 Å². The van der Waals surface area contributed by atoms with E-state index >= 15 is 0 Å². The largest absolute Gasteiger partial charge is 0.408 e. The normalized spacial score (nSPS) is 26.1. The standard InChI is InChI=1S/C12H15ClF3N3O2/c1-7-11(2,3-4-21-7)18-8-5-17-19(6-12(14,15)16)10(20)9(8)13/h5,7,18H,3-4,6H2,1-2H3. The molecule has 1 aliphatic heterocycles. The molecular weight excluding hydrogens is 311 g/mol. The lowest BCUT2D eigenvalue weighted by atomic mass is 9.94. The quantitative estimate of drug-likeness (QED) is 0.927. The first-order valence-corrected chi connectivity index (χ1v) is 6.72. The van der Waals surface area contributed by atoms with E-state index in [0.29, 0.717) is 17.7 Å². The van der Waals surface area contributed by atoms with Crippen LogP contribution in [0.2, 0.25) is 5.02 Å². The number of anilines is 1. The van der Waals surface area contributed by atoms with Crippen molar-refractivity contribution >= 4 is 17.3 Å². The third kappa shape index (κ3) is 3.49. The summed E-state index contributed by atoms with van der Waals surface area (Å²) in [5.74, 6) is 0. The molecule has 1 fully saturated rings. The molecule has 118 valence electrons. The lowest BCUT2D eigenvalue weighted by Gasteiger charge is -2.30. The van der Waals surface area contributed by atoms with Gasteiger partial charge in [-0.15, -0.1) is 0 Å². The topological polar surface area (TPSA) is 56.1 Å². The zero-order valence-corrected chi connectivity index (χ0v) is 12.3. The fourth-order valence-electron chi connectivity index (χ4n) is 2.14. The summed E-state index contributed by atoms with van der Waals surface area (Å²) < 4.78 is 42.7. The highest BCUT2D eigenvalue weighted by atomic mass is 35.5. The van der Waals surface area contributed by atoms with E-state index in [9.17, 15) is 18.0 Å². The highest BCUT2D eigenvalue weighted by Crippen LogP contribution is 2.31. The van der Waals surface area contributed by atoms with E-state index in [-0.39, 0.29) is 16.8 Å². The van der Waals surface area contributed by atoms with Crippen molar-refractivity contribution in [2.45, 2.75) is 44.6 Å². The molecule has 1 aromatic rings. The smallest absolute Gasteiger partial charge is 0.376 e. The van der Waals surface area contributed by atoms with Crippen LogP contribution in [0.1, 0.15) is 20.3 Å². The number of nitrogens with one attached hydrogen (secondary N) is 1. The monoisotopic (exact) mass is 325 g/mol. The number of ether oxygens (including phenoxy) is 1. The second-order valence-corrected chi connectivity index (χ2v) is 5.63. The number of alkyl halides is 3. The van der Waals surface area contributed by atoms with Gasteiger partial charge in [0.2, 0.25) is 0 Å². The summed E-state index contributed by atoms with van der Waals surface area (Å²) in [6.07, 6.45) is -2.83. The molecule has 0 radical (unpaired) electrons. The molecule has 21 heavy (non-hydrogen) atoms. The summed E-state index contributed by atoms with van der Waals surface area (Å²) in [7, 11) is 0. The second kappa shape index (κ2) is 5.49. The first-order chi connectivity index (χ1) is 9.62. The molecule has 0 aromatic carbocycles. The maximum Gasteiger partial charge on any atom is 0.408 e. The van der Waals surface area contributed by atoms with Crippen LogP contribution in [-0.2, 0) is 11.3 Å². The van der Waals surface area contributed by atoms with Gasteiger partial charge in [0.15, 0.2) is 0 Å². The van der Waals surface area contributed by atoms with E-state index in [4.69, 9.17) is 16.3 Å². The first-order valence-electron chi connectivity index (χ1n) is 6.34. The minimum atomic E-state index is -4.53. The van der Waals surface area contributed by atoms with Gasteiger partial charge in [0, 0.05) is 6.61 Å². The third-order valence-corrected chi connectivity index (χ3v) is 3.99. The van der Waals surface area contributed by atoms with Crippen LogP contribution in [0.25, 0.3) is 0 Å². The van der Waals surface area contributed by atoms with Crippen LogP contribution in [0.15, 0.2) is 11.0 Å². The molecule has 2 atom stereocenters. The van der Waals surface area contributed by atoms with Crippen molar-refractivity contribution in [1.29, 1.82) is 0 Å². The fraction of sp³-hybridized carbons (Fsp3) is 0.667. The van der Waals surface area contributed by atoms with Crippen LogP contribution in [0.3, 0.4) is 0 Å². The molecule has 1 aromatic heterocycles. The molecule has 1 saturated heterocycles. The summed E-state index contributed by atoms with van der Waals surface area (Å²) in [6.45, 7) is 2.85. The Hall–Kier alpha value is -1.28. The zero-order valence-electron chi connectivity index (χ0n) is 11.5. The second-order valence-electron chi connectivity index (χ2n) is 5.26. The van der Waals surface area contributed by atoms with Crippen molar-refractivity contribution in [2.24, 2.45) is 0 Å². The average molecular weight is 326 g/mol. The summed E-state index contributed by atoms with van der Waals surface area (Å²) in [6, 6.07) is 0. The number of aromatic nitrogens is 2. The molecule has 9 heteroatoms. The maximum atomic E-state index is 12.3. The van der Waals surface area contributed by atoms with E-state index < -0.39 is 23.8 Å². The highest BCUT2D eigenvalue weighted by Gasteiger charge is 2.38. The molecule has 1 N–H and O–H groups in total. The molecule has 0 spiro atoms. The number of rotatable bonds is 3. The van der Waals surface area contributed by atoms with Gasteiger partial charge in [0.25, 0.3) is 5.56 Å². The van der Waals surface area contributed by atoms with Crippen molar-refractivity contribution < 1.29 is 17.9 Å². The number of hydrogen-bond donors (Lipinski definition) is 1. The van der Waals surface area contributed by atoms with Crippen LogP contribution < -0.4 is 10.9 Å². The van der Waals surface area contributed by atoms with Gasteiger partial charge in [-0.1, -0.05) is 11.6 Å². The zero-order chi connectivity index (χ0) is 15.8. The van der Waals surface area contributed by atoms with E-state index in [1.165, 1.54) is 0 Å². The molecule has 0 amide bonds. The van der Waals surface area contributed by atoms with Crippen molar-refractivity contribution in [1.82, 2.24) is 9.78 Å². The van der Waals surface area contributed by atoms with Gasteiger partial charge in [-0.25, -0.2) is 4.68 Å². The van der Waals surface area contributed by atoms with Gasteiger partial charge in [-0.2, -0.15) is 18.3 Å². The Balaban J connectivity index is 2.27. The van der Waals surface area contributed by atoms with Crippen LogP contribution in [0, 0.1) is 0 Å². The van der Waals surface area contributed by atoms with Gasteiger partial charge >= 0.3 is 6.18 Å². The Labute approximate surface area is 124 Å². The molecular formula is C12H15ClF3N3O2. The number of halogens is 4. The number of nitrogens with zero attached hydrogens (tertiary/aromatic N) is 2. The maximum absolute atomic E-state index is 12.3. The Bertz CT molecular complexity index is 590. The molecule has 2 rings (SSSR count). The minimum absolute atomic E-state index is 0.119. The molecule has 0 saturated carbocycles. The van der Waals surface area contributed by atoms with Crippen LogP contribution >= 0.6 is 11.6 Å². The molecule has 2 heterocycles. The Morgan fingerprint density at radius 3 is 2.81 bits per heavy atom. The van der Waals surface area contributed by atoms with Gasteiger partial charge in [-0.05, 0) is 20.3 Å². The molecule has 5 nitrogen and oxygen atoms in total. The van der Waals surface area contributed by atoms with E-state index in [1.807, 2.05) is 13.8 Å². The number of hydrogen-bond acceptors (Lipinski definition) is 4. The van der Waals surface area contributed by atoms with Crippen molar-refractivity contribution in [3.8, 4) is 0 Å². The predicted octanol–water partition coefficient (Wildman–Crippen LogP) is 2.44. The average Bonchev–Trinajstić information content (AvgIpc) is 2.68. The molecule has 0 bridgehead atoms. The van der Waals surface area contributed by atoms with Crippen molar-refractivity contribution in [3.63, 3.8) is 0 Å². The fourth-order valence-corrected chi connectivity index (χ4v) is 2.33.